The molecule has 0 aromatic heterocycles. The summed E-state index contributed by atoms with van der Waals surface area (Å²) in [4.78, 5) is 28.5. The average Bonchev–Trinajstić information content (AvgIpc) is 2.68. The number of benzene rings is 2. The summed E-state index contributed by atoms with van der Waals surface area (Å²) in [6.07, 6.45) is 0. The lowest BCUT2D eigenvalue weighted by Crippen LogP contribution is -2.50. The molecule has 0 unspecified atom stereocenters. The van der Waals surface area contributed by atoms with Gasteiger partial charge in [-0.2, -0.15) is 0 Å². The van der Waals surface area contributed by atoms with Gasteiger partial charge in [0.25, 0.3) is 5.91 Å². The summed E-state index contributed by atoms with van der Waals surface area (Å²) in [6.45, 7) is 3.96. The number of anilines is 1. The molecule has 6 nitrogen and oxygen atoms in total. The normalized spacial score (nSPS) is 14.3. The number of rotatable bonds is 5. The van der Waals surface area contributed by atoms with Crippen molar-refractivity contribution in [3.63, 3.8) is 0 Å². The quantitative estimate of drug-likeness (QED) is 0.765. The van der Waals surface area contributed by atoms with Gasteiger partial charge in [0.1, 0.15) is 0 Å². The van der Waals surface area contributed by atoms with Crippen LogP contribution in [-0.4, -0.2) is 54.3 Å². The maximum Gasteiger partial charge on any atom is 0.251 e. The molecular formula is C20H25ClN4O2. The smallest absolute Gasteiger partial charge is 0.251 e. The molecule has 0 saturated carbocycles. The number of carbonyl (C=O) groups excluding carboxylic acids is 2. The van der Waals surface area contributed by atoms with E-state index < -0.39 is 0 Å². The average molecular weight is 389 g/mol. The number of hydrogen-bond donors (Lipinski definition) is 2. The summed E-state index contributed by atoms with van der Waals surface area (Å²) in [5.74, 6) is -0.311. The van der Waals surface area contributed by atoms with Crippen molar-refractivity contribution < 1.29 is 9.59 Å². The molecule has 2 aromatic rings. The Morgan fingerprint density at radius 2 is 1.56 bits per heavy atom. The lowest BCUT2D eigenvalue weighted by Gasteiger charge is -2.34. The Morgan fingerprint density at radius 1 is 0.926 bits per heavy atom. The number of hydrogen-bond acceptors (Lipinski definition) is 4. The SMILES string of the molecule is Cl.Nc1ccc(C(=O)NCC(=O)N2CCN(Cc3ccccc3)CC2)cc1. The van der Waals surface area contributed by atoms with E-state index in [9.17, 15) is 9.59 Å². The Morgan fingerprint density at radius 3 is 2.19 bits per heavy atom. The highest BCUT2D eigenvalue weighted by atomic mass is 35.5. The van der Waals surface area contributed by atoms with Crippen molar-refractivity contribution in [1.29, 1.82) is 0 Å². The Kier molecular flexibility index (Phi) is 7.64. The minimum absolute atomic E-state index is 0. The van der Waals surface area contributed by atoms with Crippen LogP contribution in [0.15, 0.2) is 54.6 Å². The maximum atomic E-state index is 12.3. The van der Waals surface area contributed by atoms with Crippen LogP contribution in [0.5, 0.6) is 0 Å². The fourth-order valence-corrected chi connectivity index (χ4v) is 3.00. The summed E-state index contributed by atoms with van der Waals surface area (Å²) in [5.41, 5.74) is 7.99. The number of nitrogens with one attached hydrogen (secondary N) is 1. The van der Waals surface area contributed by atoms with Gasteiger partial charge in [0.15, 0.2) is 0 Å². The van der Waals surface area contributed by atoms with Gasteiger partial charge in [-0.15, -0.1) is 12.4 Å². The predicted molar refractivity (Wildman–Crippen MR) is 109 cm³/mol. The number of carbonyl (C=O) groups is 2. The molecule has 0 spiro atoms. The molecule has 2 aromatic carbocycles. The maximum absolute atomic E-state index is 12.3. The fourth-order valence-electron chi connectivity index (χ4n) is 3.00. The lowest BCUT2D eigenvalue weighted by molar-refractivity contribution is -0.131. The highest BCUT2D eigenvalue weighted by Gasteiger charge is 2.21. The van der Waals surface area contributed by atoms with Gasteiger partial charge < -0.3 is 16.0 Å². The molecule has 3 N–H and O–H groups in total. The van der Waals surface area contributed by atoms with E-state index in [0.29, 0.717) is 24.3 Å². The summed E-state index contributed by atoms with van der Waals surface area (Å²) >= 11 is 0. The van der Waals surface area contributed by atoms with E-state index in [-0.39, 0.29) is 30.8 Å². The second-order valence-corrected chi connectivity index (χ2v) is 6.45. The molecule has 0 atom stereocenters. The molecule has 1 heterocycles. The molecule has 1 aliphatic rings. The third-order valence-corrected chi connectivity index (χ3v) is 4.55. The van der Waals surface area contributed by atoms with Crippen LogP contribution in [0.25, 0.3) is 0 Å². The van der Waals surface area contributed by atoms with Crippen molar-refractivity contribution in [1.82, 2.24) is 15.1 Å². The van der Waals surface area contributed by atoms with Gasteiger partial charge in [-0.05, 0) is 29.8 Å². The number of piperazine rings is 1. The molecule has 0 bridgehead atoms. The zero-order chi connectivity index (χ0) is 18.4. The fraction of sp³-hybridized carbons (Fsp3) is 0.300. The van der Waals surface area contributed by atoms with Gasteiger partial charge in [-0.25, -0.2) is 0 Å². The Labute approximate surface area is 165 Å². The zero-order valence-electron chi connectivity index (χ0n) is 15.1. The van der Waals surface area contributed by atoms with Crippen LogP contribution in [0.1, 0.15) is 15.9 Å². The number of amides is 2. The van der Waals surface area contributed by atoms with Crippen LogP contribution < -0.4 is 11.1 Å². The molecule has 1 saturated heterocycles. The Balaban J connectivity index is 0.00000261. The third kappa shape index (κ3) is 5.98. The summed E-state index contributed by atoms with van der Waals surface area (Å²) in [6, 6.07) is 17.0. The first kappa shape index (κ1) is 20.7. The number of nitrogens with two attached hydrogens (primary N) is 1. The monoisotopic (exact) mass is 388 g/mol. The van der Waals surface area contributed by atoms with Crippen molar-refractivity contribution >= 4 is 29.9 Å². The van der Waals surface area contributed by atoms with Crippen molar-refractivity contribution in [2.45, 2.75) is 6.54 Å². The predicted octanol–water partition coefficient (Wildman–Crippen LogP) is 1.76. The van der Waals surface area contributed by atoms with E-state index in [2.05, 4.69) is 22.3 Å². The number of halogens is 1. The van der Waals surface area contributed by atoms with E-state index in [0.717, 1.165) is 19.6 Å². The first-order valence-corrected chi connectivity index (χ1v) is 8.79. The van der Waals surface area contributed by atoms with Crippen LogP contribution in [0.3, 0.4) is 0 Å². The second-order valence-electron chi connectivity index (χ2n) is 6.45. The van der Waals surface area contributed by atoms with Crippen LogP contribution in [0.4, 0.5) is 5.69 Å². The molecule has 0 aliphatic carbocycles. The van der Waals surface area contributed by atoms with Gasteiger partial charge in [-0.1, -0.05) is 30.3 Å². The van der Waals surface area contributed by atoms with Crippen LogP contribution >= 0.6 is 12.4 Å². The highest BCUT2D eigenvalue weighted by Crippen LogP contribution is 2.09. The lowest BCUT2D eigenvalue weighted by atomic mass is 10.2. The van der Waals surface area contributed by atoms with E-state index in [1.165, 1.54) is 5.56 Å². The molecular weight excluding hydrogens is 364 g/mol. The third-order valence-electron chi connectivity index (χ3n) is 4.55. The van der Waals surface area contributed by atoms with Crippen LogP contribution in [0.2, 0.25) is 0 Å². The second kappa shape index (κ2) is 9.94. The van der Waals surface area contributed by atoms with Crippen LogP contribution in [-0.2, 0) is 11.3 Å². The number of nitrogens with zero attached hydrogens (tertiary/aromatic N) is 2. The standard InChI is InChI=1S/C20H24N4O2.ClH/c21-18-8-6-17(7-9-18)20(26)22-14-19(25)24-12-10-23(11-13-24)15-16-4-2-1-3-5-16;/h1-9H,10-15,21H2,(H,22,26);1H. The van der Waals surface area contributed by atoms with Crippen molar-refractivity contribution in [3.8, 4) is 0 Å². The van der Waals surface area contributed by atoms with Gasteiger partial charge in [0.05, 0.1) is 6.54 Å². The van der Waals surface area contributed by atoms with Gasteiger partial charge >= 0.3 is 0 Å². The first-order chi connectivity index (χ1) is 12.6. The first-order valence-electron chi connectivity index (χ1n) is 8.79. The van der Waals surface area contributed by atoms with E-state index in [4.69, 9.17) is 5.73 Å². The molecule has 3 rings (SSSR count). The van der Waals surface area contributed by atoms with Gasteiger partial charge in [-0.3, -0.25) is 14.5 Å². The minimum Gasteiger partial charge on any atom is -0.399 e. The zero-order valence-corrected chi connectivity index (χ0v) is 16.0. The summed E-state index contributed by atoms with van der Waals surface area (Å²) in [7, 11) is 0. The van der Waals surface area contributed by atoms with Crippen LogP contribution in [0, 0.1) is 0 Å². The summed E-state index contributed by atoms with van der Waals surface area (Å²) < 4.78 is 0. The molecule has 2 amide bonds. The molecule has 144 valence electrons. The van der Waals surface area contributed by atoms with E-state index in [1.807, 2.05) is 23.1 Å². The van der Waals surface area contributed by atoms with Crippen molar-refractivity contribution in [3.05, 3.63) is 65.7 Å². The highest BCUT2D eigenvalue weighted by molar-refractivity contribution is 5.96. The molecule has 7 heteroatoms. The Hall–Kier alpha value is -2.57. The van der Waals surface area contributed by atoms with Crippen molar-refractivity contribution in [2.24, 2.45) is 0 Å². The molecule has 1 aliphatic heterocycles. The molecule has 1 fully saturated rings. The largest absolute Gasteiger partial charge is 0.399 e. The topological polar surface area (TPSA) is 78.7 Å². The molecule has 27 heavy (non-hydrogen) atoms. The molecule has 0 radical (unpaired) electrons. The van der Waals surface area contributed by atoms with Crippen molar-refractivity contribution in [2.75, 3.05) is 38.5 Å². The van der Waals surface area contributed by atoms with Gasteiger partial charge in [0.2, 0.25) is 5.91 Å². The van der Waals surface area contributed by atoms with Gasteiger partial charge in [0, 0.05) is 44.0 Å². The Bertz CT molecular complexity index is 744. The summed E-state index contributed by atoms with van der Waals surface area (Å²) in [5, 5.41) is 2.68. The van der Waals surface area contributed by atoms with E-state index >= 15 is 0 Å². The minimum atomic E-state index is -0.263. The van der Waals surface area contributed by atoms with E-state index in [1.54, 1.807) is 24.3 Å². The number of nitrogen functional groups attached to an aromatic ring is 1.